The number of rotatable bonds is 3. The van der Waals surface area contributed by atoms with E-state index in [4.69, 9.17) is 12.8 Å². The van der Waals surface area contributed by atoms with Gasteiger partial charge < -0.3 is 12.9 Å². The molecule has 4 aliphatic carbocycles. The fraction of sp³-hybridized carbons (Fsp3) is 0.696. The Morgan fingerprint density at radius 3 is 2.93 bits per heavy atom. The maximum absolute atomic E-state index is 13.4. The molecule has 5 aliphatic rings. The molecule has 0 aromatic carbocycles. The van der Waals surface area contributed by atoms with Gasteiger partial charge in [-0.3, -0.25) is 9.59 Å². The van der Waals surface area contributed by atoms with Gasteiger partial charge in [-0.05, 0) is 49.7 Å². The normalized spacial score (nSPS) is 48.7. The second kappa shape index (κ2) is 6.72. The van der Waals surface area contributed by atoms with Gasteiger partial charge in [0.1, 0.15) is 35.7 Å². The Labute approximate surface area is 190 Å². The first kappa shape index (κ1) is 20.8. The van der Waals surface area contributed by atoms with E-state index in [1.165, 1.54) is 0 Å². The molecule has 162 valence electrons. The van der Waals surface area contributed by atoms with Gasteiger partial charge in [-0.15, -0.1) is 0 Å². The summed E-state index contributed by atoms with van der Waals surface area (Å²) < 4.78 is 11.3. The predicted molar refractivity (Wildman–Crippen MR) is 119 cm³/mol. The highest BCUT2D eigenvalue weighted by Gasteiger charge is 2.74. The van der Waals surface area contributed by atoms with E-state index in [-0.39, 0.29) is 47.4 Å². The summed E-state index contributed by atoms with van der Waals surface area (Å²) in [5.41, 5.74) is -0.675. The number of aliphatic imine (C=N–C) groups is 1. The van der Waals surface area contributed by atoms with Gasteiger partial charge in [0.15, 0.2) is 23.0 Å². The van der Waals surface area contributed by atoms with E-state index >= 15 is 0 Å². The molecule has 5 rings (SSSR count). The van der Waals surface area contributed by atoms with Crippen molar-refractivity contribution >= 4 is 40.5 Å². The zero-order valence-electron chi connectivity index (χ0n) is 17.6. The van der Waals surface area contributed by atoms with Crippen LogP contribution in [0.4, 0.5) is 0 Å². The molecule has 0 aromatic rings. The average molecular weight is 525 g/mol. The van der Waals surface area contributed by atoms with Crippen molar-refractivity contribution in [2.45, 2.75) is 64.2 Å². The van der Waals surface area contributed by atoms with Crippen LogP contribution in [0.3, 0.4) is 0 Å². The summed E-state index contributed by atoms with van der Waals surface area (Å²) in [6.45, 7) is 6.08. The second-order valence-corrected chi connectivity index (χ2v) is 10.8. The Hall–Kier alpha value is -1.06. The number of carbonyl (C=O) groups is 2. The number of nitrogens with zero attached hydrogens (tertiary/aromatic N) is 1. The molecule has 3 fully saturated rings. The summed E-state index contributed by atoms with van der Waals surface area (Å²) in [6.07, 6.45) is 7.55. The van der Waals surface area contributed by atoms with Gasteiger partial charge in [0, 0.05) is 23.7 Å². The van der Waals surface area contributed by atoms with Crippen molar-refractivity contribution in [3.05, 3.63) is 23.8 Å². The third-order valence-corrected chi connectivity index (χ3v) is 9.26. The highest BCUT2D eigenvalue weighted by Crippen LogP contribution is 2.69. The lowest BCUT2D eigenvalue weighted by Crippen LogP contribution is -2.62. The van der Waals surface area contributed by atoms with E-state index in [1.807, 2.05) is 6.08 Å². The van der Waals surface area contributed by atoms with Crippen molar-refractivity contribution in [2.75, 3.05) is 6.61 Å². The number of hydrogen-bond donors (Lipinski definition) is 1. The maximum Gasteiger partial charge on any atom is 0.191 e. The SMILES string of the molecule is CC1=N[C@]2(C(=O)COI)[C@@H](C[C@H]3[C@@H]4CCC5=CC(=O)C=C[C@]5(C)[C@H]4[C@@H](O)C[C@@]32C)O1. The summed E-state index contributed by atoms with van der Waals surface area (Å²) in [4.78, 5) is 30.2. The molecule has 0 bridgehead atoms. The topological polar surface area (TPSA) is 85.2 Å². The first-order valence-electron chi connectivity index (χ1n) is 10.8. The lowest BCUT2D eigenvalue weighted by Gasteiger charge is -2.59. The lowest BCUT2D eigenvalue weighted by atomic mass is 9.46. The number of aliphatic hydroxyl groups is 1. The van der Waals surface area contributed by atoms with E-state index in [0.29, 0.717) is 12.3 Å². The fourth-order valence-electron chi connectivity index (χ4n) is 7.85. The molecule has 0 radical (unpaired) electrons. The molecule has 1 N–H and O–H groups in total. The van der Waals surface area contributed by atoms with Gasteiger partial charge in [-0.2, -0.15) is 0 Å². The molecule has 1 aliphatic heterocycles. The summed E-state index contributed by atoms with van der Waals surface area (Å²) in [5.74, 6) is 1.02. The van der Waals surface area contributed by atoms with Crippen LogP contribution in [0.2, 0.25) is 0 Å². The van der Waals surface area contributed by atoms with Crippen molar-refractivity contribution in [3.8, 4) is 0 Å². The molecule has 0 spiro atoms. The monoisotopic (exact) mass is 525 g/mol. The van der Waals surface area contributed by atoms with E-state index in [2.05, 4.69) is 13.8 Å². The summed E-state index contributed by atoms with van der Waals surface area (Å²) in [6, 6.07) is 0. The summed E-state index contributed by atoms with van der Waals surface area (Å²) >= 11 is 1.75. The first-order chi connectivity index (χ1) is 14.2. The fourth-order valence-corrected chi connectivity index (χ4v) is 8.13. The minimum absolute atomic E-state index is 0.0147. The van der Waals surface area contributed by atoms with Crippen LogP contribution in [0.15, 0.2) is 28.8 Å². The van der Waals surface area contributed by atoms with Crippen molar-refractivity contribution in [1.29, 1.82) is 0 Å². The van der Waals surface area contributed by atoms with Crippen LogP contribution in [-0.4, -0.2) is 46.9 Å². The Morgan fingerprint density at radius 2 is 2.20 bits per heavy atom. The molecule has 7 heteroatoms. The minimum Gasteiger partial charge on any atom is -0.475 e. The molecule has 6 nitrogen and oxygen atoms in total. The molecule has 3 saturated carbocycles. The molecule has 0 amide bonds. The van der Waals surface area contributed by atoms with Gasteiger partial charge in [0.05, 0.1) is 6.10 Å². The lowest BCUT2D eigenvalue weighted by molar-refractivity contribution is -0.144. The van der Waals surface area contributed by atoms with Crippen molar-refractivity contribution in [1.82, 2.24) is 0 Å². The summed E-state index contributed by atoms with van der Waals surface area (Å²) in [7, 11) is 0. The van der Waals surface area contributed by atoms with Crippen LogP contribution in [0.5, 0.6) is 0 Å². The van der Waals surface area contributed by atoms with E-state index in [0.717, 1.165) is 24.8 Å². The molecule has 8 atom stereocenters. The van der Waals surface area contributed by atoms with Crippen molar-refractivity contribution in [2.24, 2.45) is 33.6 Å². The van der Waals surface area contributed by atoms with Crippen LogP contribution in [0.1, 0.15) is 46.5 Å². The zero-order valence-corrected chi connectivity index (χ0v) is 19.7. The number of fused-ring (bicyclic) bond motifs is 7. The van der Waals surface area contributed by atoms with E-state index in [1.54, 1.807) is 42.1 Å². The standard InChI is InChI=1S/C23H28INO5/c1-12-25-23(18(28)11-29-24)19(30-12)9-16-15-5-4-13-8-14(26)6-7-21(13,2)20(15)17(27)10-22(16,23)3/h6-8,15-17,19-20,27H,4-5,9-11H2,1-3H3/t15-,16-,17-,19+,20+,21-,22-,23+/m0/s1. The smallest absolute Gasteiger partial charge is 0.191 e. The average Bonchev–Trinajstić information content (AvgIpc) is 3.13. The van der Waals surface area contributed by atoms with Crippen LogP contribution < -0.4 is 0 Å². The van der Waals surface area contributed by atoms with Gasteiger partial charge in [0.2, 0.25) is 0 Å². The Kier molecular flexibility index (Phi) is 4.66. The van der Waals surface area contributed by atoms with Gasteiger partial charge in [0.25, 0.3) is 0 Å². The van der Waals surface area contributed by atoms with Crippen molar-refractivity contribution in [3.63, 3.8) is 0 Å². The highest BCUT2D eigenvalue weighted by molar-refractivity contribution is 14.1. The third-order valence-electron chi connectivity index (χ3n) is 8.95. The number of carbonyl (C=O) groups excluding carboxylic acids is 2. The Bertz CT molecular complexity index is 911. The molecular weight excluding hydrogens is 497 g/mol. The number of aliphatic hydroxyl groups excluding tert-OH is 1. The largest absolute Gasteiger partial charge is 0.475 e. The zero-order chi connectivity index (χ0) is 21.5. The van der Waals surface area contributed by atoms with E-state index < -0.39 is 17.1 Å². The van der Waals surface area contributed by atoms with E-state index in [9.17, 15) is 14.7 Å². The van der Waals surface area contributed by atoms with Gasteiger partial charge in [-0.1, -0.05) is 25.5 Å². The highest BCUT2D eigenvalue weighted by atomic mass is 127. The second-order valence-electron chi connectivity index (χ2n) is 10.1. The van der Waals surface area contributed by atoms with Crippen LogP contribution in [-0.2, 0) is 17.4 Å². The number of allylic oxidation sites excluding steroid dienone is 4. The quantitative estimate of drug-likeness (QED) is 0.572. The first-order valence-corrected chi connectivity index (χ1v) is 11.7. The molecule has 30 heavy (non-hydrogen) atoms. The number of ether oxygens (including phenoxy) is 1. The van der Waals surface area contributed by atoms with Crippen molar-refractivity contribution < 1.29 is 22.5 Å². The van der Waals surface area contributed by atoms with Crippen LogP contribution >= 0.6 is 23.0 Å². The van der Waals surface area contributed by atoms with Crippen LogP contribution in [0, 0.1) is 28.6 Å². The Balaban J connectivity index is 1.59. The molecule has 0 unspecified atom stereocenters. The number of hydrogen-bond acceptors (Lipinski definition) is 6. The number of Topliss-reactive ketones (excluding diaryl/α,β-unsaturated/α-hetero) is 1. The number of halogens is 1. The van der Waals surface area contributed by atoms with Gasteiger partial charge in [-0.25, -0.2) is 4.99 Å². The minimum atomic E-state index is -0.992. The third kappa shape index (κ3) is 2.45. The maximum atomic E-state index is 13.4. The summed E-state index contributed by atoms with van der Waals surface area (Å²) in [5, 5.41) is 11.5. The number of ketones is 2. The molecular formula is C23H28INO5. The molecule has 1 heterocycles. The molecule has 0 saturated heterocycles. The Morgan fingerprint density at radius 1 is 1.43 bits per heavy atom. The van der Waals surface area contributed by atoms with Crippen LogP contribution in [0.25, 0.3) is 0 Å². The predicted octanol–water partition coefficient (Wildman–Crippen LogP) is 3.37. The van der Waals surface area contributed by atoms with Gasteiger partial charge >= 0.3 is 0 Å². The molecule has 0 aromatic heterocycles.